The van der Waals surface area contributed by atoms with Crippen LogP contribution in [-0.4, -0.2) is 10.8 Å². The lowest BCUT2D eigenvalue weighted by Gasteiger charge is -2.04. The van der Waals surface area contributed by atoms with Crippen LogP contribution in [0.2, 0.25) is 0 Å². The highest BCUT2D eigenvalue weighted by atomic mass is 127. The summed E-state index contributed by atoms with van der Waals surface area (Å²) in [7, 11) is 0. The molecule has 1 aromatic carbocycles. The van der Waals surface area contributed by atoms with Gasteiger partial charge in [-0.25, -0.2) is 4.39 Å². The first-order valence-electron chi connectivity index (χ1n) is 4.59. The number of hydrogen-bond acceptors (Lipinski definition) is 2. The zero-order valence-corrected chi connectivity index (χ0v) is 10.3. The van der Waals surface area contributed by atoms with Crippen molar-refractivity contribution >= 4 is 28.4 Å². The van der Waals surface area contributed by atoms with Crippen molar-refractivity contribution in [1.82, 2.24) is 4.98 Å². The van der Waals surface area contributed by atoms with Crippen LogP contribution in [0.5, 0.6) is 0 Å². The number of rotatable bonds is 2. The molecular weight excluding hydrogens is 320 g/mol. The van der Waals surface area contributed by atoms with Crippen LogP contribution in [0.3, 0.4) is 0 Å². The van der Waals surface area contributed by atoms with E-state index in [0.29, 0.717) is 9.13 Å². The molecule has 1 aromatic heterocycles. The van der Waals surface area contributed by atoms with Crippen molar-refractivity contribution in [3.8, 4) is 0 Å². The molecule has 0 saturated heterocycles. The van der Waals surface area contributed by atoms with Crippen LogP contribution in [0.15, 0.2) is 42.7 Å². The molecule has 0 bridgehead atoms. The van der Waals surface area contributed by atoms with E-state index >= 15 is 0 Å². The molecule has 0 radical (unpaired) electrons. The highest BCUT2D eigenvalue weighted by molar-refractivity contribution is 14.1. The van der Waals surface area contributed by atoms with Gasteiger partial charge >= 0.3 is 0 Å². The third kappa shape index (κ3) is 2.11. The molecule has 0 atom stereocenters. The zero-order chi connectivity index (χ0) is 11.5. The maximum atomic E-state index is 13.5. The lowest BCUT2D eigenvalue weighted by molar-refractivity contribution is 0.103. The van der Waals surface area contributed by atoms with Crippen molar-refractivity contribution in [3.05, 3.63) is 63.2 Å². The molecule has 2 rings (SSSR count). The summed E-state index contributed by atoms with van der Waals surface area (Å²) < 4.78 is 14.1. The van der Waals surface area contributed by atoms with E-state index in [-0.39, 0.29) is 11.3 Å². The van der Waals surface area contributed by atoms with Crippen molar-refractivity contribution < 1.29 is 9.18 Å². The Labute approximate surface area is 106 Å². The third-order valence-electron chi connectivity index (χ3n) is 2.11. The Morgan fingerprint density at radius 3 is 2.69 bits per heavy atom. The minimum atomic E-state index is -0.499. The van der Waals surface area contributed by atoms with Crippen LogP contribution in [0.4, 0.5) is 4.39 Å². The monoisotopic (exact) mass is 327 g/mol. The molecule has 0 N–H and O–H groups in total. The average Bonchev–Trinajstić information content (AvgIpc) is 2.30. The molecule has 4 heteroatoms. The summed E-state index contributed by atoms with van der Waals surface area (Å²) >= 11 is 1.95. The van der Waals surface area contributed by atoms with E-state index in [4.69, 9.17) is 0 Å². The molecule has 0 amide bonds. The first kappa shape index (κ1) is 11.2. The molecule has 0 spiro atoms. The Balaban J connectivity index is 2.50. The molecule has 2 nitrogen and oxygen atoms in total. The van der Waals surface area contributed by atoms with Gasteiger partial charge in [0.05, 0.1) is 5.56 Å². The molecular formula is C12H7FINO. The fraction of sp³-hybridized carbons (Fsp3) is 0. The van der Waals surface area contributed by atoms with E-state index in [1.54, 1.807) is 30.5 Å². The normalized spacial score (nSPS) is 10.1. The molecule has 0 unspecified atom stereocenters. The summed E-state index contributed by atoms with van der Waals surface area (Å²) in [6.45, 7) is 0. The number of carbonyl (C=O) groups excluding carboxylic acids is 1. The largest absolute Gasteiger partial charge is 0.288 e. The van der Waals surface area contributed by atoms with Gasteiger partial charge in [0.25, 0.3) is 0 Å². The first-order valence-corrected chi connectivity index (χ1v) is 5.67. The van der Waals surface area contributed by atoms with Gasteiger partial charge in [-0.05, 0) is 46.9 Å². The fourth-order valence-corrected chi connectivity index (χ4v) is 2.07. The summed E-state index contributed by atoms with van der Waals surface area (Å²) in [6, 6.07) is 7.84. The molecule has 2 aromatic rings. The van der Waals surface area contributed by atoms with Crippen LogP contribution in [0.1, 0.15) is 15.9 Å². The summed E-state index contributed by atoms with van der Waals surface area (Å²) in [5, 5.41) is 0. The van der Waals surface area contributed by atoms with Crippen LogP contribution in [0.25, 0.3) is 0 Å². The molecule has 0 saturated carbocycles. The van der Waals surface area contributed by atoms with Crippen LogP contribution < -0.4 is 0 Å². The van der Waals surface area contributed by atoms with Crippen LogP contribution >= 0.6 is 22.6 Å². The second kappa shape index (κ2) is 4.69. The number of ketones is 1. The van der Waals surface area contributed by atoms with Gasteiger partial charge in [0.15, 0.2) is 5.78 Å². The Morgan fingerprint density at radius 1 is 1.25 bits per heavy atom. The Hall–Kier alpha value is -1.30. The number of hydrogen-bond donors (Lipinski definition) is 0. The van der Waals surface area contributed by atoms with E-state index in [9.17, 15) is 9.18 Å². The molecule has 0 fully saturated rings. The topological polar surface area (TPSA) is 30.0 Å². The van der Waals surface area contributed by atoms with Crippen LogP contribution in [0, 0.1) is 9.39 Å². The van der Waals surface area contributed by atoms with E-state index in [0.717, 1.165) is 0 Å². The highest BCUT2D eigenvalue weighted by Crippen LogP contribution is 2.19. The van der Waals surface area contributed by atoms with Gasteiger partial charge < -0.3 is 0 Å². The molecule has 1 heterocycles. The maximum absolute atomic E-state index is 13.5. The average molecular weight is 327 g/mol. The van der Waals surface area contributed by atoms with Gasteiger partial charge in [0.1, 0.15) is 5.82 Å². The van der Waals surface area contributed by atoms with Crippen molar-refractivity contribution in [3.63, 3.8) is 0 Å². The summed E-state index contributed by atoms with van der Waals surface area (Å²) in [5.74, 6) is -0.837. The summed E-state index contributed by atoms with van der Waals surface area (Å²) in [5.41, 5.74) is 0.501. The van der Waals surface area contributed by atoms with Gasteiger partial charge in [-0.1, -0.05) is 6.07 Å². The maximum Gasteiger partial charge on any atom is 0.198 e. The molecule has 0 aliphatic rings. The van der Waals surface area contributed by atoms with Crippen LogP contribution in [-0.2, 0) is 0 Å². The number of pyridine rings is 1. The number of carbonyl (C=O) groups is 1. The highest BCUT2D eigenvalue weighted by Gasteiger charge is 2.16. The Morgan fingerprint density at radius 2 is 2.06 bits per heavy atom. The first-order chi connectivity index (χ1) is 7.70. The SMILES string of the molecule is O=C(c1cccnc1)c1c(F)cccc1I. The third-order valence-corrected chi connectivity index (χ3v) is 3.01. The molecule has 16 heavy (non-hydrogen) atoms. The predicted octanol–water partition coefficient (Wildman–Crippen LogP) is 3.06. The van der Waals surface area contributed by atoms with Gasteiger partial charge in [0.2, 0.25) is 0 Å². The number of nitrogens with zero attached hydrogens (tertiary/aromatic N) is 1. The molecule has 0 aliphatic carbocycles. The number of aromatic nitrogens is 1. The minimum Gasteiger partial charge on any atom is -0.288 e. The van der Waals surface area contributed by atoms with Crippen molar-refractivity contribution in [2.75, 3.05) is 0 Å². The minimum absolute atomic E-state index is 0.108. The smallest absolute Gasteiger partial charge is 0.198 e. The second-order valence-electron chi connectivity index (χ2n) is 3.17. The second-order valence-corrected chi connectivity index (χ2v) is 4.33. The summed E-state index contributed by atoms with van der Waals surface area (Å²) in [4.78, 5) is 15.8. The van der Waals surface area contributed by atoms with Crippen molar-refractivity contribution in [2.45, 2.75) is 0 Å². The van der Waals surface area contributed by atoms with Crippen molar-refractivity contribution in [1.29, 1.82) is 0 Å². The number of halogens is 2. The summed E-state index contributed by atoms with van der Waals surface area (Å²) in [6.07, 6.45) is 3.01. The van der Waals surface area contributed by atoms with E-state index in [2.05, 4.69) is 4.98 Å². The number of benzene rings is 1. The predicted molar refractivity (Wildman–Crippen MR) is 66.8 cm³/mol. The van der Waals surface area contributed by atoms with Gasteiger partial charge in [-0.15, -0.1) is 0 Å². The fourth-order valence-electron chi connectivity index (χ4n) is 1.36. The van der Waals surface area contributed by atoms with Gasteiger partial charge in [0, 0.05) is 21.5 Å². The Bertz CT molecular complexity index is 508. The van der Waals surface area contributed by atoms with Crippen molar-refractivity contribution in [2.24, 2.45) is 0 Å². The lowest BCUT2D eigenvalue weighted by Crippen LogP contribution is -2.06. The quantitative estimate of drug-likeness (QED) is 0.627. The zero-order valence-electron chi connectivity index (χ0n) is 8.15. The van der Waals surface area contributed by atoms with E-state index in [1.165, 1.54) is 12.3 Å². The lowest BCUT2D eigenvalue weighted by atomic mass is 10.0. The molecule has 80 valence electrons. The van der Waals surface area contributed by atoms with E-state index in [1.807, 2.05) is 22.6 Å². The van der Waals surface area contributed by atoms with Gasteiger partial charge in [-0.3, -0.25) is 9.78 Å². The van der Waals surface area contributed by atoms with Gasteiger partial charge in [-0.2, -0.15) is 0 Å². The standard InChI is InChI=1S/C12H7FINO/c13-9-4-1-5-10(14)11(9)12(16)8-3-2-6-15-7-8/h1-7H. The Kier molecular flexibility index (Phi) is 3.28. The molecule has 0 aliphatic heterocycles. The van der Waals surface area contributed by atoms with E-state index < -0.39 is 5.82 Å².